The smallest absolute Gasteiger partial charge is 0.119 e. The van der Waals surface area contributed by atoms with Crippen LogP contribution in [0.2, 0.25) is 0 Å². The number of rotatable bonds is 6. The van der Waals surface area contributed by atoms with Crippen LogP contribution in [0.1, 0.15) is 44.7 Å². The van der Waals surface area contributed by atoms with Crippen molar-refractivity contribution < 1.29 is 4.74 Å². The van der Waals surface area contributed by atoms with Gasteiger partial charge in [0.2, 0.25) is 0 Å². The molecule has 2 atom stereocenters. The van der Waals surface area contributed by atoms with Gasteiger partial charge >= 0.3 is 0 Å². The molecule has 2 unspecified atom stereocenters. The number of benzene rings is 1. The average molecular weight is 279 g/mol. The molecule has 1 aromatic rings. The van der Waals surface area contributed by atoms with Gasteiger partial charge in [-0.25, -0.2) is 0 Å². The lowest BCUT2D eigenvalue weighted by Gasteiger charge is -2.21. The van der Waals surface area contributed by atoms with Crippen LogP contribution in [0, 0.1) is 18.8 Å². The first-order valence-corrected chi connectivity index (χ1v) is 7.26. The summed E-state index contributed by atoms with van der Waals surface area (Å²) in [5.74, 6) is 2.01. The van der Waals surface area contributed by atoms with E-state index in [0.717, 1.165) is 12.4 Å². The largest absolute Gasteiger partial charge is 0.493 e. The number of hydrogen-bond acceptors (Lipinski definition) is 2. The van der Waals surface area contributed by atoms with E-state index < -0.39 is 0 Å². The standard InChI is InChI=1S/C16H25NOS/c1-10(2)9-18-14-6-7-15(11(3)8-14)12(4)13(5)16(17)19/h6-8,10,12-13H,9H2,1-5H3,(H2,17,19). The summed E-state index contributed by atoms with van der Waals surface area (Å²) in [4.78, 5) is 0.576. The van der Waals surface area contributed by atoms with Gasteiger partial charge in [-0.05, 0) is 42.0 Å². The Morgan fingerprint density at radius 3 is 2.37 bits per heavy atom. The predicted molar refractivity (Wildman–Crippen MR) is 85.9 cm³/mol. The van der Waals surface area contributed by atoms with Crippen LogP contribution in [-0.2, 0) is 0 Å². The summed E-state index contributed by atoms with van der Waals surface area (Å²) >= 11 is 5.09. The van der Waals surface area contributed by atoms with Crippen molar-refractivity contribution in [1.82, 2.24) is 0 Å². The Hall–Kier alpha value is -1.09. The molecule has 0 bridgehead atoms. The Labute approximate surface area is 122 Å². The summed E-state index contributed by atoms with van der Waals surface area (Å²) in [5.41, 5.74) is 8.26. The Balaban J connectivity index is 2.85. The molecule has 0 aliphatic rings. The van der Waals surface area contributed by atoms with Gasteiger partial charge in [0, 0.05) is 5.92 Å². The Bertz CT molecular complexity index is 442. The van der Waals surface area contributed by atoms with E-state index in [1.165, 1.54) is 11.1 Å². The van der Waals surface area contributed by atoms with E-state index in [0.29, 0.717) is 16.8 Å². The van der Waals surface area contributed by atoms with Gasteiger partial charge in [0.05, 0.1) is 11.6 Å². The van der Waals surface area contributed by atoms with Gasteiger partial charge < -0.3 is 10.5 Å². The number of hydrogen-bond donors (Lipinski definition) is 1. The lowest BCUT2D eigenvalue weighted by molar-refractivity contribution is 0.271. The predicted octanol–water partition coefficient (Wildman–Crippen LogP) is 4.06. The van der Waals surface area contributed by atoms with E-state index in [2.05, 4.69) is 46.8 Å². The van der Waals surface area contributed by atoms with E-state index in [4.69, 9.17) is 22.7 Å². The highest BCUT2D eigenvalue weighted by Gasteiger charge is 2.18. The summed E-state index contributed by atoms with van der Waals surface area (Å²) in [7, 11) is 0. The van der Waals surface area contributed by atoms with Crippen molar-refractivity contribution in [3.8, 4) is 5.75 Å². The molecule has 0 amide bonds. The Morgan fingerprint density at radius 1 is 1.26 bits per heavy atom. The van der Waals surface area contributed by atoms with Crippen LogP contribution in [0.3, 0.4) is 0 Å². The maximum atomic E-state index is 5.74. The highest BCUT2D eigenvalue weighted by molar-refractivity contribution is 7.80. The summed E-state index contributed by atoms with van der Waals surface area (Å²) in [6, 6.07) is 6.26. The van der Waals surface area contributed by atoms with Gasteiger partial charge in [0.15, 0.2) is 0 Å². The highest BCUT2D eigenvalue weighted by Crippen LogP contribution is 2.29. The van der Waals surface area contributed by atoms with Crippen molar-refractivity contribution in [2.75, 3.05) is 6.61 Å². The fourth-order valence-electron chi connectivity index (χ4n) is 2.03. The maximum absolute atomic E-state index is 5.74. The molecule has 0 saturated carbocycles. The van der Waals surface area contributed by atoms with E-state index >= 15 is 0 Å². The summed E-state index contributed by atoms with van der Waals surface area (Å²) in [5, 5.41) is 0. The summed E-state index contributed by atoms with van der Waals surface area (Å²) < 4.78 is 5.74. The molecule has 0 heterocycles. The van der Waals surface area contributed by atoms with Crippen LogP contribution in [0.5, 0.6) is 5.75 Å². The van der Waals surface area contributed by atoms with E-state index in [1.807, 2.05) is 6.07 Å². The van der Waals surface area contributed by atoms with Crippen molar-refractivity contribution in [1.29, 1.82) is 0 Å². The lowest BCUT2D eigenvalue weighted by Crippen LogP contribution is -2.23. The van der Waals surface area contributed by atoms with Gasteiger partial charge in [-0.1, -0.05) is 46.0 Å². The van der Waals surface area contributed by atoms with Gasteiger partial charge in [-0.15, -0.1) is 0 Å². The molecule has 3 heteroatoms. The van der Waals surface area contributed by atoms with Crippen molar-refractivity contribution in [2.45, 2.75) is 40.5 Å². The number of ether oxygens (including phenoxy) is 1. The molecule has 2 nitrogen and oxygen atoms in total. The molecule has 2 N–H and O–H groups in total. The van der Waals surface area contributed by atoms with E-state index in [-0.39, 0.29) is 5.92 Å². The van der Waals surface area contributed by atoms with Crippen LogP contribution in [-0.4, -0.2) is 11.6 Å². The van der Waals surface area contributed by atoms with Gasteiger partial charge in [-0.2, -0.15) is 0 Å². The maximum Gasteiger partial charge on any atom is 0.119 e. The third-order valence-electron chi connectivity index (χ3n) is 3.51. The van der Waals surface area contributed by atoms with Crippen molar-refractivity contribution in [2.24, 2.45) is 17.6 Å². The first-order chi connectivity index (χ1) is 8.82. The molecule has 1 aromatic carbocycles. The molecule has 19 heavy (non-hydrogen) atoms. The summed E-state index contributed by atoms with van der Waals surface area (Å²) in [6.45, 7) is 11.4. The van der Waals surface area contributed by atoms with Gasteiger partial charge in [0.25, 0.3) is 0 Å². The zero-order valence-electron chi connectivity index (χ0n) is 12.6. The van der Waals surface area contributed by atoms with Gasteiger partial charge in [-0.3, -0.25) is 0 Å². The third-order valence-corrected chi connectivity index (χ3v) is 3.89. The third kappa shape index (κ3) is 4.50. The lowest BCUT2D eigenvalue weighted by atomic mass is 9.86. The van der Waals surface area contributed by atoms with Crippen molar-refractivity contribution in [3.05, 3.63) is 29.3 Å². The van der Waals surface area contributed by atoms with Crippen molar-refractivity contribution in [3.63, 3.8) is 0 Å². The Kier molecular flexibility index (Phi) is 5.80. The molecule has 0 saturated heterocycles. The van der Waals surface area contributed by atoms with Crippen LogP contribution < -0.4 is 10.5 Å². The minimum Gasteiger partial charge on any atom is -0.493 e. The number of nitrogens with two attached hydrogens (primary N) is 1. The van der Waals surface area contributed by atoms with Crippen LogP contribution >= 0.6 is 12.2 Å². The molecule has 106 valence electrons. The average Bonchev–Trinajstić information content (AvgIpc) is 2.34. The molecular weight excluding hydrogens is 254 g/mol. The second-order valence-electron chi connectivity index (χ2n) is 5.70. The fourth-order valence-corrected chi connectivity index (χ4v) is 2.23. The first-order valence-electron chi connectivity index (χ1n) is 6.85. The van der Waals surface area contributed by atoms with Crippen LogP contribution in [0.25, 0.3) is 0 Å². The normalized spacial score (nSPS) is 14.2. The van der Waals surface area contributed by atoms with E-state index in [9.17, 15) is 0 Å². The first kappa shape index (κ1) is 16.0. The SMILES string of the molecule is Cc1cc(OCC(C)C)ccc1C(C)C(C)C(N)=S. The highest BCUT2D eigenvalue weighted by atomic mass is 32.1. The van der Waals surface area contributed by atoms with Crippen LogP contribution in [0.4, 0.5) is 0 Å². The second kappa shape index (κ2) is 6.90. The van der Waals surface area contributed by atoms with Gasteiger partial charge in [0.1, 0.15) is 5.75 Å². The zero-order valence-corrected chi connectivity index (χ0v) is 13.4. The monoisotopic (exact) mass is 279 g/mol. The van der Waals surface area contributed by atoms with Crippen LogP contribution in [0.15, 0.2) is 18.2 Å². The second-order valence-corrected chi connectivity index (χ2v) is 6.17. The number of aryl methyl sites for hydroxylation is 1. The zero-order chi connectivity index (χ0) is 14.6. The van der Waals surface area contributed by atoms with Crippen molar-refractivity contribution >= 4 is 17.2 Å². The molecule has 0 aliphatic heterocycles. The molecule has 0 aliphatic carbocycles. The number of thiocarbonyl (C=S) groups is 1. The molecular formula is C16H25NOS. The fraction of sp³-hybridized carbons (Fsp3) is 0.562. The molecule has 0 radical (unpaired) electrons. The summed E-state index contributed by atoms with van der Waals surface area (Å²) in [6.07, 6.45) is 0. The topological polar surface area (TPSA) is 35.2 Å². The molecule has 1 rings (SSSR count). The molecule has 0 aromatic heterocycles. The molecule has 0 fully saturated rings. The van der Waals surface area contributed by atoms with E-state index in [1.54, 1.807) is 0 Å². The Morgan fingerprint density at radius 2 is 1.89 bits per heavy atom. The molecule has 0 spiro atoms. The quantitative estimate of drug-likeness (QED) is 0.798. The minimum atomic E-state index is 0.205. The minimum absolute atomic E-state index is 0.205.